The number of hydrogen-bond donors (Lipinski definition) is 0. The van der Waals surface area contributed by atoms with Crippen molar-refractivity contribution >= 4 is 33.9 Å². The van der Waals surface area contributed by atoms with Crippen LogP contribution in [-0.4, -0.2) is 21.4 Å². The minimum Gasteiger partial charge on any atom is -0.251 e. The number of nitriles is 4. The van der Waals surface area contributed by atoms with Gasteiger partial charge in [0.2, 0.25) is 0 Å². The molecule has 0 atom stereocenters. The summed E-state index contributed by atoms with van der Waals surface area (Å²) in [7, 11) is 0. The zero-order valence-corrected chi connectivity index (χ0v) is 22.9. The molecular formula is C30H9F9N8. The molecule has 5 rings (SSSR count). The highest BCUT2D eigenvalue weighted by Gasteiger charge is 2.41. The Hall–Kier alpha value is -6.33. The second kappa shape index (κ2) is 10.9. The molecule has 0 bridgehead atoms. The summed E-state index contributed by atoms with van der Waals surface area (Å²) >= 11 is 0. The van der Waals surface area contributed by atoms with Crippen LogP contribution in [0.5, 0.6) is 0 Å². The minimum atomic E-state index is -5.34. The lowest BCUT2D eigenvalue weighted by atomic mass is 9.90. The van der Waals surface area contributed by atoms with Crippen LogP contribution >= 0.6 is 0 Å². The van der Waals surface area contributed by atoms with Crippen molar-refractivity contribution in [3.8, 4) is 24.3 Å². The van der Waals surface area contributed by atoms with Crippen LogP contribution in [-0.2, 0) is 18.5 Å². The highest BCUT2D eigenvalue weighted by atomic mass is 19.4. The summed E-state index contributed by atoms with van der Waals surface area (Å²) in [4.78, 5) is 15.7. The number of aromatic nitrogens is 2. The second-order valence-electron chi connectivity index (χ2n) is 9.76. The van der Waals surface area contributed by atoms with Crippen LogP contribution in [0.3, 0.4) is 0 Å². The van der Waals surface area contributed by atoms with E-state index < -0.39 is 63.5 Å². The van der Waals surface area contributed by atoms with E-state index in [0.29, 0.717) is 6.07 Å². The Bertz CT molecular complexity index is 2140. The van der Waals surface area contributed by atoms with Gasteiger partial charge in [-0.2, -0.15) is 60.6 Å². The average molecular weight is 652 g/mol. The molecule has 1 aromatic carbocycles. The first-order valence-corrected chi connectivity index (χ1v) is 12.6. The highest BCUT2D eigenvalue weighted by molar-refractivity contribution is 6.39. The van der Waals surface area contributed by atoms with E-state index in [1.54, 1.807) is 12.1 Å². The molecule has 0 spiro atoms. The molecule has 2 aliphatic rings. The van der Waals surface area contributed by atoms with Crippen molar-refractivity contribution in [2.75, 3.05) is 0 Å². The standard InChI is InChI=1S/C30H9F9N8/c1-12-2-15(28(31,32)33)3-21(44-12)26-24(13(8-40)9-41)17-6-18-20(7-19(17)46-26)47-27(25(18)14(10-42)11-43)22-4-16(29(34,35)36)5-23(45-22)30(37,38)39/h2-7H,1H3. The number of halogens is 9. The Kier molecular flexibility index (Phi) is 7.46. The molecular weight excluding hydrogens is 643 g/mol. The van der Waals surface area contributed by atoms with Crippen LogP contribution in [0.15, 0.2) is 57.5 Å². The number of aryl methyl sites for hydroxylation is 1. The quantitative estimate of drug-likeness (QED) is 0.205. The number of aliphatic imine (C=N–C) groups is 2. The van der Waals surface area contributed by atoms with E-state index in [0.717, 1.165) is 18.2 Å². The third-order valence-corrected chi connectivity index (χ3v) is 6.75. The fraction of sp³-hybridized carbons (Fsp3) is 0.133. The maximum Gasteiger partial charge on any atom is 0.433 e. The number of benzene rings is 1. The monoisotopic (exact) mass is 652 g/mol. The van der Waals surface area contributed by atoms with E-state index in [9.17, 15) is 60.6 Å². The van der Waals surface area contributed by atoms with Gasteiger partial charge in [-0.15, -0.1) is 0 Å². The summed E-state index contributed by atoms with van der Waals surface area (Å²) in [5, 5.41) is 38.8. The third-order valence-electron chi connectivity index (χ3n) is 6.75. The molecule has 0 N–H and O–H groups in total. The molecule has 17 heteroatoms. The normalized spacial score (nSPS) is 13.8. The van der Waals surface area contributed by atoms with Gasteiger partial charge in [-0.25, -0.2) is 15.0 Å². The molecule has 2 aliphatic heterocycles. The van der Waals surface area contributed by atoms with Crippen molar-refractivity contribution in [3.63, 3.8) is 0 Å². The van der Waals surface area contributed by atoms with Crippen LogP contribution in [0.25, 0.3) is 11.1 Å². The van der Waals surface area contributed by atoms with Gasteiger partial charge in [0.1, 0.15) is 41.1 Å². The van der Waals surface area contributed by atoms with Gasteiger partial charge in [0.15, 0.2) is 0 Å². The first-order chi connectivity index (χ1) is 21.9. The predicted molar refractivity (Wildman–Crippen MR) is 143 cm³/mol. The van der Waals surface area contributed by atoms with E-state index in [1.807, 2.05) is 0 Å². The third kappa shape index (κ3) is 5.67. The fourth-order valence-corrected chi connectivity index (χ4v) is 4.84. The van der Waals surface area contributed by atoms with Crippen LogP contribution in [0.1, 0.15) is 45.0 Å². The Morgan fingerprint density at radius 1 is 0.553 bits per heavy atom. The number of fused-ring (bicyclic) bond motifs is 2. The summed E-state index contributed by atoms with van der Waals surface area (Å²) in [6.07, 6.45) is -15.4. The van der Waals surface area contributed by atoms with Crippen molar-refractivity contribution in [2.45, 2.75) is 25.5 Å². The lowest BCUT2D eigenvalue weighted by Gasteiger charge is -2.14. The first-order valence-electron chi connectivity index (χ1n) is 12.6. The number of hydrogen-bond acceptors (Lipinski definition) is 8. The van der Waals surface area contributed by atoms with Crippen LogP contribution in [0.2, 0.25) is 0 Å². The largest absolute Gasteiger partial charge is 0.433 e. The van der Waals surface area contributed by atoms with Gasteiger partial charge in [0.25, 0.3) is 0 Å². The Morgan fingerprint density at radius 3 is 1.38 bits per heavy atom. The maximum absolute atomic E-state index is 13.6. The van der Waals surface area contributed by atoms with Crippen molar-refractivity contribution in [2.24, 2.45) is 9.98 Å². The lowest BCUT2D eigenvalue weighted by Crippen LogP contribution is -2.17. The smallest absolute Gasteiger partial charge is 0.251 e. The van der Waals surface area contributed by atoms with Gasteiger partial charge >= 0.3 is 18.5 Å². The summed E-state index contributed by atoms with van der Waals surface area (Å²) in [5.41, 5.74) is -10.2. The van der Waals surface area contributed by atoms with E-state index in [-0.39, 0.29) is 57.3 Å². The molecule has 0 unspecified atom stereocenters. The molecule has 8 nitrogen and oxygen atoms in total. The topological polar surface area (TPSA) is 146 Å². The Labute approximate surface area is 257 Å². The molecule has 0 amide bonds. The summed E-state index contributed by atoms with van der Waals surface area (Å²) < 4.78 is 122. The van der Waals surface area contributed by atoms with Gasteiger partial charge in [-0.05, 0) is 43.3 Å². The van der Waals surface area contributed by atoms with Crippen molar-refractivity contribution < 1.29 is 39.5 Å². The summed E-state index contributed by atoms with van der Waals surface area (Å²) in [6.45, 7) is 1.26. The van der Waals surface area contributed by atoms with Crippen LogP contribution in [0.4, 0.5) is 50.9 Å². The van der Waals surface area contributed by atoms with Crippen LogP contribution < -0.4 is 0 Å². The fourth-order valence-electron chi connectivity index (χ4n) is 4.84. The van der Waals surface area contributed by atoms with Gasteiger partial charge in [-0.1, -0.05) is 0 Å². The van der Waals surface area contributed by atoms with Gasteiger partial charge < -0.3 is 0 Å². The maximum atomic E-state index is 13.6. The van der Waals surface area contributed by atoms with Gasteiger partial charge in [0.05, 0.1) is 45.3 Å². The molecule has 0 aliphatic carbocycles. The Balaban J connectivity index is 1.81. The average Bonchev–Trinajstić information content (AvgIpc) is 3.54. The molecule has 3 aromatic rings. The first kappa shape index (κ1) is 32.1. The SMILES string of the molecule is Cc1cc(C(F)(F)F)cc(C2=Nc3cc4c(cc3C2=C(C#N)C#N)C(=C(C#N)C#N)C(c2cc(C(F)(F)F)cc(C(F)(F)F)n2)=N4)n1. The van der Waals surface area contributed by atoms with Crippen molar-refractivity contribution in [1.82, 2.24) is 9.97 Å². The molecule has 0 saturated heterocycles. The van der Waals surface area contributed by atoms with E-state index in [4.69, 9.17) is 0 Å². The van der Waals surface area contributed by atoms with Gasteiger partial charge in [-0.3, -0.25) is 4.98 Å². The van der Waals surface area contributed by atoms with Crippen molar-refractivity contribution in [1.29, 1.82) is 21.0 Å². The minimum absolute atomic E-state index is 0.0928. The van der Waals surface area contributed by atoms with Crippen molar-refractivity contribution in [3.05, 3.63) is 92.6 Å². The number of allylic oxidation sites excluding steroid dienone is 4. The number of nitrogens with zero attached hydrogens (tertiary/aromatic N) is 8. The lowest BCUT2D eigenvalue weighted by molar-refractivity contribution is -0.145. The molecule has 2 aromatic heterocycles. The molecule has 232 valence electrons. The summed E-state index contributed by atoms with van der Waals surface area (Å²) in [6, 6.07) is 9.91. The second-order valence-corrected chi connectivity index (χ2v) is 9.76. The van der Waals surface area contributed by atoms with Crippen LogP contribution in [0, 0.1) is 52.2 Å². The number of alkyl halides is 9. The molecule has 47 heavy (non-hydrogen) atoms. The van der Waals surface area contributed by atoms with E-state index >= 15 is 0 Å². The highest BCUT2D eigenvalue weighted by Crippen LogP contribution is 2.48. The number of rotatable bonds is 2. The predicted octanol–water partition coefficient (Wildman–Crippen LogP) is 7.71. The molecule has 0 radical (unpaired) electrons. The molecule has 0 fully saturated rings. The van der Waals surface area contributed by atoms with E-state index in [2.05, 4.69) is 20.0 Å². The zero-order valence-electron chi connectivity index (χ0n) is 22.9. The molecule has 4 heterocycles. The van der Waals surface area contributed by atoms with Gasteiger partial charge in [0, 0.05) is 28.0 Å². The number of pyridine rings is 2. The summed E-state index contributed by atoms with van der Waals surface area (Å²) in [5.74, 6) is 0. The van der Waals surface area contributed by atoms with E-state index in [1.165, 1.54) is 19.1 Å². The molecule has 0 saturated carbocycles. The Morgan fingerprint density at radius 2 is 0.979 bits per heavy atom. The zero-order chi connectivity index (χ0) is 34.6.